The Balaban J connectivity index is 2.19. The van der Waals surface area contributed by atoms with Crippen LogP contribution in [0.2, 0.25) is 0 Å². The van der Waals surface area contributed by atoms with Gasteiger partial charge >= 0.3 is 0 Å². The first-order valence-electron chi connectivity index (χ1n) is 6.34. The first-order valence-corrected chi connectivity index (χ1v) is 6.34. The average Bonchev–Trinajstić information content (AvgIpc) is 2.85. The minimum absolute atomic E-state index is 0.0309. The van der Waals surface area contributed by atoms with Gasteiger partial charge in [0.25, 0.3) is 5.69 Å². The van der Waals surface area contributed by atoms with Crippen molar-refractivity contribution in [2.75, 3.05) is 13.7 Å². The largest absolute Gasteiger partial charge is 0.496 e. The normalized spacial score (nSPS) is 22.2. The van der Waals surface area contributed by atoms with Crippen molar-refractivity contribution in [3.63, 3.8) is 0 Å². The fourth-order valence-corrected chi connectivity index (χ4v) is 2.45. The summed E-state index contributed by atoms with van der Waals surface area (Å²) in [7, 11) is 1.47. The molecule has 0 amide bonds. The molecule has 2 rings (SSSR count). The van der Waals surface area contributed by atoms with Crippen molar-refractivity contribution in [2.24, 2.45) is 11.7 Å². The Morgan fingerprint density at radius 3 is 2.74 bits per heavy atom. The molecular weight excluding hydrogens is 248 g/mol. The molecule has 0 saturated heterocycles. The van der Waals surface area contributed by atoms with Gasteiger partial charge in [-0.1, -0.05) is 0 Å². The first-order chi connectivity index (χ1) is 9.13. The van der Waals surface area contributed by atoms with E-state index in [4.69, 9.17) is 15.2 Å². The third kappa shape index (κ3) is 3.14. The topological polar surface area (TPSA) is 87.6 Å². The summed E-state index contributed by atoms with van der Waals surface area (Å²) in [5.41, 5.74) is 5.67. The number of hydrogen-bond donors (Lipinski definition) is 1. The lowest BCUT2D eigenvalue weighted by Crippen LogP contribution is -2.27. The van der Waals surface area contributed by atoms with Crippen molar-refractivity contribution < 1.29 is 14.4 Å². The van der Waals surface area contributed by atoms with E-state index in [0.29, 0.717) is 24.0 Å². The standard InChI is InChI=1S/C13H18N2O4/c1-18-11-5-10(15(16)17)6-12(7-11)19-13-4-2-3-9(13)8-14/h5-7,9,13H,2-4,8,14H2,1H3. The summed E-state index contributed by atoms with van der Waals surface area (Å²) < 4.78 is 10.9. The maximum Gasteiger partial charge on any atom is 0.276 e. The van der Waals surface area contributed by atoms with Crippen LogP contribution in [0, 0.1) is 16.0 Å². The number of nitrogens with zero attached hydrogens (tertiary/aromatic N) is 1. The Labute approximate surface area is 111 Å². The lowest BCUT2D eigenvalue weighted by molar-refractivity contribution is -0.385. The Bertz CT molecular complexity index is 464. The summed E-state index contributed by atoms with van der Waals surface area (Å²) in [6.45, 7) is 0.580. The van der Waals surface area contributed by atoms with Crippen LogP contribution in [0.1, 0.15) is 19.3 Å². The molecule has 19 heavy (non-hydrogen) atoms. The second kappa shape index (κ2) is 5.88. The number of non-ortho nitro benzene ring substituents is 1. The van der Waals surface area contributed by atoms with Crippen molar-refractivity contribution in [3.05, 3.63) is 28.3 Å². The highest BCUT2D eigenvalue weighted by atomic mass is 16.6. The van der Waals surface area contributed by atoms with E-state index >= 15 is 0 Å². The van der Waals surface area contributed by atoms with Gasteiger partial charge in [0.15, 0.2) is 0 Å². The zero-order chi connectivity index (χ0) is 13.8. The number of ether oxygens (including phenoxy) is 2. The summed E-state index contributed by atoms with van der Waals surface area (Å²) in [5.74, 6) is 1.22. The molecule has 1 aliphatic carbocycles. The first kappa shape index (κ1) is 13.6. The number of benzene rings is 1. The molecule has 1 fully saturated rings. The van der Waals surface area contributed by atoms with E-state index in [1.165, 1.54) is 19.2 Å². The van der Waals surface area contributed by atoms with Gasteiger partial charge in [0.05, 0.1) is 24.2 Å². The quantitative estimate of drug-likeness (QED) is 0.651. The molecule has 0 bridgehead atoms. The van der Waals surface area contributed by atoms with E-state index in [1.54, 1.807) is 6.07 Å². The van der Waals surface area contributed by atoms with Crippen molar-refractivity contribution in [2.45, 2.75) is 25.4 Å². The Hall–Kier alpha value is -1.82. The summed E-state index contributed by atoms with van der Waals surface area (Å²) in [6.07, 6.45) is 3.11. The predicted molar refractivity (Wildman–Crippen MR) is 70.5 cm³/mol. The van der Waals surface area contributed by atoms with Crippen LogP contribution in [0.25, 0.3) is 0 Å². The molecule has 2 N–H and O–H groups in total. The molecule has 0 aromatic heterocycles. The molecule has 0 heterocycles. The fraction of sp³-hybridized carbons (Fsp3) is 0.538. The van der Waals surface area contributed by atoms with Gasteiger partial charge in [-0.05, 0) is 25.8 Å². The summed E-state index contributed by atoms with van der Waals surface area (Å²) in [4.78, 5) is 10.4. The third-order valence-electron chi connectivity index (χ3n) is 3.49. The lowest BCUT2D eigenvalue weighted by atomic mass is 10.1. The van der Waals surface area contributed by atoms with Crippen LogP contribution in [-0.4, -0.2) is 24.7 Å². The highest BCUT2D eigenvalue weighted by molar-refractivity contribution is 5.46. The fourth-order valence-electron chi connectivity index (χ4n) is 2.45. The van der Waals surface area contributed by atoms with Crippen LogP contribution in [0.15, 0.2) is 18.2 Å². The number of nitro groups is 1. The van der Waals surface area contributed by atoms with Crippen LogP contribution >= 0.6 is 0 Å². The van der Waals surface area contributed by atoms with E-state index in [0.717, 1.165) is 19.3 Å². The van der Waals surface area contributed by atoms with Crippen molar-refractivity contribution in [1.82, 2.24) is 0 Å². The second-order valence-corrected chi connectivity index (χ2v) is 4.71. The zero-order valence-electron chi connectivity index (χ0n) is 10.9. The molecule has 1 aromatic rings. The van der Waals surface area contributed by atoms with E-state index in [-0.39, 0.29) is 11.8 Å². The van der Waals surface area contributed by atoms with E-state index in [2.05, 4.69) is 0 Å². The monoisotopic (exact) mass is 266 g/mol. The minimum atomic E-state index is -0.454. The molecular formula is C13H18N2O4. The summed E-state index contributed by atoms with van der Waals surface area (Å²) >= 11 is 0. The smallest absolute Gasteiger partial charge is 0.276 e. The van der Waals surface area contributed by atoms with Gasteiger partial charge in [0, 0.05) is 12.0 Å². The van der Waals surface area contributed by atoms with Gasteiger partial charge in [-0.2, -0.15) is 0 Å². The third-order valence-corrected chi connectivity index (χ3v) is 3.49. The van der Waals surface area contributed by atoms with E-state index in [1.807, 2.05) is 0 Å². The van der Waals surface area contributed by atoms with Crippen LogP contribution in [-0.2, 0) is 0 Å². The number of methoxy groups -OCH3 is 1. The Morgan fingerprint density at radius 1 is 1.37 bits per heavy atom. The SMILES string of the molecule is COc1cc(OC2CCCC2CN)cc([N+](=O)[O-])c1. The predicted octanol–water partition coefficient (Wildman–Crippen LogP) is 2.11. The Morgan fingerprint density at radius 2 is 2.11 bits per heavy atom. The minimum Gasteiger partial charge on any atom is -0.496 e. The molecule has 2 unspecified atom stereocenters. The lowest BCUT2D eigenvalue weighted by Gasteiger charge is -2.20. The van der Waals surface area contributed by atoms with Crippen molar-refractivity contribution in [3.8, 4) is 11.5 Å². The zero-order valence-corrected chi connectivity index (χ0v) is 10.9. The summed E-state index contributed by atoms with van der Waals surface area (Å²) in [5, 5.41) is 10.9. The van der Waals surface area contributed by atoms with Crippen molar-refractivity contribution in [1.29, 1.82) is 0 Å². The van der Waals surface area contributed by atoms with Crippen LogP contribution < -0.4 is 15.2 Å². The molecule has 1 aromatic carbocycles. The maximum atomic E-state index is 10.9. The molecule has 1 saturated carbocycles. The van der Waals surface area contributed by atoms with Crippen LogP contribution in [0.3, 0.4) is 0 Å². The number of rotatable bonds is 5. The van der Waals surface area contributed by atoms with Gasteiger partial charge in [0.1, 0.15) is 17.6 Å². The molecule has 1 aliphatic rings. The highest BCUT2D eigenvalue weighted by Gasteiger charge is 2.28. The number of nitro benzene ring substituents is 1. The molecule has 2 atom stereocenters. The average molecular weight is 266 g/mol. The van der Waals surface area contributed by atoms with Gasteiger partial charge in [0.2, 0.25) is 0 Å². The molecule has 0 spiro atoms. The molecule has 0 aliphatic heterocycles. The molecule has 104 valence electrons. The van der Waals surface area contributed by atoms with Crippen molar-refractivity contribution >= 4 is 5.69 Å². The molecule has 6 nitrogen and oxygen atoms in total. The van der Waals surface area contributed by atoms with Crippen LogP contribution in [0.4, 0.5) is 5.69 Å². The summed E-state index contributed by atoms with van der Waals surface area (Å²) in [6, 6.07) is 4.47. The molecule has 0 radical (unpaired) electrons. The van der Waals surface area contributed by atoms with Gasteiger partial charge in [-0.15, -0.1) is 0 Å². The maximum absolute atomic E-state index is 10.9. The Kier molecular flexibility index (Phi) is 4.21. The number of hydrogen-bond acceptors (Lipinski definition) is 5. The van der Waals surface area contributed by atoms with Crippen LogP contribution in [0.5, 0.6) is 11.5 Å². The van der Waals surface area contributed by atoms with Gasteiger partial charge in [-0.25, -0.2) is 0 Å². The number of nitrogens with two attached hydrogens (primary N) is 1. The van der Waals surface area contributed by atoms with E-state index < -0.39 is 4.92 Å². The van der Waals surface area contributed by atoms with Gasteiger partial charge in [-0.3, -0.25) is 10.1 Å². The highest BCUT2D eigenvalue weighted by Crippen LogP contribution is 2.33. The van der Waals surface area contributed by atoms with E-state index in [9.17, 15) is 10.1 Å². The molecule has 6 heteroatoms. The van der Waals surface area contributed by atoms with Gasteiger partial charge < -0.3 is 15.2 Å². The second-order valence-electron chi connectivity index (χ2n) is 4.71.